The minimum absolute atomic E-state index is 0.0148. The van der Waals surface area contributed by atoms with Gasteiger partial charge in [0, 0.05) is 61.5 Å². The molecule has 0 N–H and O–H groups in total. The van der Waals surface area contributed by atoms with E-state index in [1.807, 2.05) is 6.07 Å². The molecule has 2 fully saturated rings. The van der Waals surface area contributed by atoms with Gasteiger partial charge in [-0.05, 0) is 6.07 Å². The molecule has 2 saturated heterocycles. The molecule has 0 spiro atoms. The number of nitrogens with zero attached hydrogens (tertiary/aromatic N) is 6. The molecule has 5 heterocycles. The fraction of sp³-hybridized carbons (Fsp3) is 0.565. The molecular formula is C23H28N6O. The van der Waals surface area contributed by atoms with E-state index in [0.29, 0.717) is 30.6 Å². The van der Waals surface area contributed by atoms with E-state index in [9.17, 15) is 5.26 Å². The van der Waals surface area contributed by atoms with Crippen LogP contribution in [0.5, 0.6) is 0 Å². The lowest BCUT2D eigenvalue weighted by atomic mass is 9.92. The molecule has 3 aliphatic heterocycles. The van der Waals surface area contributed by atoms with Crippen LogP contribution in [0.2, 0.25) is 0 Å². The molecule has 2 unspecified atom stereocenters. The van der Waals surface area contributed by atoms with Gasteiger partial charge < -0.3 is 14.5 Å². The first kappa shape index (κ1) is 19.3. The summed E-state index contributed by atoms with van der Waals surface area (Å²) < 4.78 is 5.53. The van der Waals surface area contributed by atoms with Crippen LogP contribution in [0.15, 0.2) is 18.5 Å². The highest BCUT2D eigenvalue weighted by molar-refractivity contribution is 5.57. The first-order valence-corrected chi connectivity index (χ1v) is 10.8. The third kappa shape index (κ3) is 3.39. The summed E-state index contributed by atoms with van der Waals surface area (Å²) >= 11 is 0. The molecule has 0 aromatic carbocycles. The van der Waals surface area contributed by atoms with Gasteiger partial charge in [-0.2, -0.15) is 5.26 Å². The molecule has 30 heavy (non-hydrogen) atoms. The Morgan fingerprint density at radius 1 is 1.07 bits per heavy atom. The van der Waals surface area contributed by atoms with Crippen molar-refractivity contribution >= 4 is 11.6 Å². The molecule has 156 valence electrons. The quantitative estimate of drug-likeness (QED) is 0.761. The Kier molecular flexibility index (Phi) is 4.62. The molecule has 2 atom stereocenters. The fourth-order valence-corrected chi connectivity index (χ4v) is 4.88. The molecule has 2 aromatic rings. The average molecular weight is 405 g/mol. The molecule has 7 heteroatoms. The van der Waals surface area contributed by atoms with E-state index < -0.39 is 0 Å². The fourth-order valence-electron chi connectivity index (χ4n) is 4.88. The van der Waals surface area contributed by atoms with Gasteiger partial charge in [0.25, 0.3) is 0 Å². The Bertz CT molecular complexity index is 994. The number of pyridine rings is 1. The van der Waals surface area contributed by atoms with Crippen molar-refractivity contribution in [2.75, 3.05) is 42.6 Å². The largest absolute Gasteiger partial charge is 0.376 e. The molecule has 0 aliphatic carbocycles. The van der Waals surface area contributed by atoms with Crippen molar-refractivity contribution in [2.45, 2.75) is 39.2 Å². The standard InChI is InChI=1S/C23H28N6O/c1-23(2,3)20-7-21(26-14-25-20)28-9-17-11-29(12-18(17)10-28)22-15(8-24)6-16-13-30-5-4-19(16)27-22/h6-7,14,17-18H,4-5,9-13H2,1-3H3. The lowest BCUT2D eigenvalue weighted by molar-refractivity contribution is 0.109. The van der Waals surface area contributed by atoms with Crippen LogP contribution in [-0.2, 0) is 23.2 Å². The highest BCUT2D eigenvalue weighted by atomic mass is 16.5. The predicted octanol–water partition coefficient (Wildman–Crippen LogP) is 2.69. The summed E-state index contributed by atoms with van der Waals surface area (Å²) in [5.41, 5.74) is 3.91. The summed E-state index contributed by atoms with van der Waals surface area (Å²) in [5, 5.41) is 9.69. The lowest BCUT2D eigenvalue weighted by Crippen LogP contribution is -2.31. The second kappa shape index (κ2) is 7.21. The van der Waals surface area contributed by atoms with Crippen LogP contribution in [0.1, 0.15) is 43.3 Å². The molecule has 3 aliphatic rings. The number of hydrogen-bond donors (Lipinski definition) is 0. The van der Waals surface area contributed by atoms with Crippen LogP contribution in [0, 0.1) is 23.2 Å². The highest BCUT2D eigenvalue weighted by Crippen LogP contribution is 2.37. The monoisotopic (exact) mass is 404 g/mol. The molecule has 5 rings (SSSR count). The maximum absolute atomic E-state index is 9.69. The first-order chi connectivity index (χ1) is 14.4. The van der Waals surface area contributed by atoms with E-state index in [1.54, 1.807) is 6.33 Å². The Morgan fingerprint density at radius 3 is 2.50 bits per heavy atom. The van der Waals surface area contributed by atoms with Crippen molar-refractivity contribution in [1.82, 2.24) is 15.0 Å². The van der Waals surface area contributed by atoms with Crippen LogP contribution >= 0.6 is 0 Å². The average Bonchev–Trinajstić information content (AvgIpc) is 3.31. The summed E-state index contributed by atoms with van der Waals surface area (Å²) in [6.07, 6.45) is 2.52. The Balaban J connectivity index is 1.33. The van der Waals surface area contributed by atoms with Crippen molar-refractivity contribution in [2.24, 2.45) is 11.8 Å². The van der Waals surface area contributed by atoms with E-state index in [2.05, 4.69) is 52.7 Å². The maximum Gasteiger partial charge on any atom is 0.146 e. The van der Waals surface area contributed by atoms with Gasteiger partial charge in [0.1, 0.15) is 24.0 Å². The van der Waals surface area contributed by atoms with Gasteiger partial charge >= 0.3 is 0 Å². The van der Waals surface area contributed by atoms with E-state index in [1.165, 1.54) is 0 Å². The summed E-state index contributed by atoms with van der Waals surface area (Å²) in [4.78, 5) is 18.6. The van der Waals surface area contributed by atoms with Gasteiger partial charge in [0.05, 0.1) is 30.2 Å². The lowest BCUT2D eigenvalue weighted by Gasteiger charge is -2.26. The molecular weight excluding hydrogens is 376 g/mol. The number of aromatic nitrogens is 3. The van der Waals surface area contributed by atoms with Crippen molar-refractivity contribution in [1.29, 1.82) is 5.26 Å². The zero-order chi connectivity index (χ0) is 20.9. The SMILES string of the molecule is CC(C)(C)c1cc(N2CC3CN(c4nc5c(cc4C#N)COCC5)CC3C2)ncn1. The minimum atomic E-state index is 0.0148. The van der Waals surface area contributed by atoms with Crippen LogP contribution < -0.4 is 9.80 Å². The third-order valence-corrected chi connectivity index (χ3v) is 6.56. The van der Waals surface area contributed by atoms with Gasteiger partial charge in [-0.1, -0.05) is 20.8 Å². The number of fused-ring (bicyclic) bond motifs is 2. The second-order valence-electron chi connectivity index (χ2n) is 9.72. The van der Waals surface area contributed by atoms with Gasteiger partial charge in [0.15, 0.2) is 0 Å². The minimum Gasteiger partial charge on any atom is -0.376 e. The topological polar surface area (TPSA) is 78.2 Å². The molecule has 0 amide bonds. The maximum atomic E-state index is 9.69. The number of rotatable bonds is 2. The summed E-state index contributed by atoms with van der Waals surface area (Å²) in [6, 6.07) is 6.47. The zero-order valence-electron chi connectivity index (χ0n) is 17.9. The number of nitriles is 1. The van der Waals surface area contributed by atoms with Gasteiger partial charge in [-0.25, -0.2) is 15.0 Å². The molecule has 7 nitrogen and oxygen atoms in total. The highest BCUT2D eigenvalue weighted by Gasteiger charge is 2.41. The predicted molar refractivity (Wildman–Crippen MR) is 114 cm³/mol. The molecule has 0 bridgehead atoms. The number of ether oxygens (including phenoxy) is 1. The van der Waals surface area contributed by atoms with Gasteiger partial charge in [0.2, 0.25) is 0 Å². The summed E-state index contributed by atoms with van der Waals surface area (Å²) in [5.74, 6) is 3.01. The first-order valence-electron chi connectivity index (χ1n) is 10.8. The zero-order valence-corrected chi connectivity index (χ0v) is 17.9. The van der Waals surface area contributed by atoms with Gasteiger partial charge in [-0.3, -0.25) is 0 Å². The summed E-state index contributed by atoms with van der Waals surface area (Å²) in [7, 11) is 0. The van der Waals surface area contributed by atoms with E-state index in [-0.39, 0.29) is 5.41 Å². The van der Waals surface area contributed by atoms with Crippen LogP contribution in [-0.4, -0.2) is 47.7 Å². The molecule has 2 aromatic heterocycles. The van der Waals surface area contributed by atoms with Crippen molar-refractivity contribution in [3.8, 4) is 6.07 Å². The Labute approximate surface area is 177 Å². The van der Waals surface area contributed by atoms with Crippen LogP contribution in [0.25, 0.3) is 0 Å². The second-order valence-corrected chi connectivity index (χ2v) is 9.72. The van der Waals surface area contributed by atoms with Crippen molar-refractivity contribution in [3.05, 3.63) is 41.0 Å². The number of anilines is 2. The Hall–Kier alpha value is -2.72. The van der Waals surface area contributed by atoms with Crippen molar-refractivity contribution < 1.29 is 4.74 Å². The summed E-state index contributed by atoms with van der Waals surface area (Å²) in [6.45, 7) is 11.7. The third-order valence-electron chi connectivity index (χ3n) is 6.56. The van der Waals surface area contributed by atoms with E-state index >= 15 is 0 Å². The smallest absolute Gasteiger partial charge is 0.146 e. The van der Waals surface area contributed by atoms with Gasteiger partial charge in [-0.15, -0.1) is 0 Å². The van der Waals surface area contributed by atoms with Crippen LogP contribution in [0.3, 0.4) is 0 Å². The van der Waals surface area contributed by atoms with E-state index in [4.69, 9.17) is 9.72 Å². The molecule has 0 radical (unpaired) electrons. The van der Waals surface area contributed by atoms with Crippen molar-refractivity contribution in [3.63, 3.8) is 0 Å². The Morgan fingerprint density at radius 2 is 1.80 bits per heavy atom. The van der Waals surface area contributed by atoms with E-state index in [0.717, 1.165) is 61.2 Å². The normalized spacial score (nSPS) is 23.3. The van der Waals surface area contributed by atoms with Crippen LogP contribution in [0.4, 0.5) is 11.6 Å². The number of hydrogen-bond acceptors (Lipinski definition) is 7. The molecule has 0 saturated carbocycles.